The molecule has 27 heavy (non-hydrogen) atoms. The minimum Gasteiger partial charge on any atom is -0.353 e. The van der Waals surface area contributed by atoms with Gasteiger partial charge in [0.15, 0.2) is 0 Å². The van der Waals surface area contributed by atoms with Crippen molar-refractivity contribution in [3.05, 3.63) is 34.9 Å². The SMILES string of the molecule is CC1(N)CCCCC1C(=O)NC1CCN(Cc2ccc(Cl)cc2)CC1.Cl.Cl. The van der Waals surface area contributed by atoms with E-state index in [1.807, 2.05) is 19.1 Å². The number of hydrogen-bond acceptors (Lipinski definition) is 3. The highest BCUT2D eigenvalue weighted by molar-refractivity contribution is 6.30. The highest BCUT2D eigenvalue weighted by Gasteiger charge is 2.38. The molecule has 3 rings (SSSR count). The Morgan fingerprint density at radius 2 is 1.81 bits per heavy atom. The fraction of sp³-hybridized carbons (Fsp3) is 0.650. The van der Waals surface area contributed by atoms with E-state index in [4.69, 9.17) is 17.3 Å². The van der Waals surface area contributed by atoms with Crippen LogP contribution in [0, 0.1) is 5.92 Å². The minimum absolute atomic E-state index is 0. The molecule has 1 heterocycles. The van der Waals surface area contributed by atoms with Gasteiger partial charge in [-0.15, -0.1) is 24.8 Å². The van der Waals surface area contributed by atoms with Crippen LogP contribution in [0.15, 0.2) is 24.3 Å². The van der Waals surface area contributed by atoms with Crippen molar-refractivity contribution in [3.8, 4) is 0 Å². The molecule has 1 aromatic carbocycles. The molecule has 2 fully saturated rings. The lowest BCUT2D eigenvalue weighted by atomic mass is 9.74. The lowest BCUT2D eigenvalue weighted by molar-refractivity contribution is -0.129. The zero-order valence-corrected chi connectivity index (χ0v) is 18.3. The normalized spacial score (nSPS) is 26.6. The second kappa shape index (κ2) is 10.9. The maximum atomic E-state index is 12.7. The van der Waals surface area contributed by atoms with E-state index in [0.29, 0.717) is 0 Å². The number of nitrogens with one attached hydrogen (secondary N) is 1. The average molecular weight is 437 g/mol. The molecule has 1 aliphatic heterocycles. The van der Waals surface area contributed by atoms with E-state index in [9.17, 15) is 4.79 Å². The molecule has 3 N–H and O–H groups in total. The van der Waals surface area contributed by atoms with Crippen molar-refractivity contribution in [1.29, 1.82) is 0 Å². The number of piperidine rings is 1. The highest BCUT2D eigenvalue weighted by atomic mass is 35.5. The summed E-state index contributed by atoms with van der Waals surface area (Å²) in [4.78, 5) is 15.1. The minimum atomic E-state index is -0.350. The molecule has 7 heteroatoms. The number of nitrogens with two attached hydrogens (primary N) is 1. The molecule has 4 nitrogen and oxygen atoms in total. The number of amides is 1. The summed E-state index contributed by atoms with van der Waals surface area (Å²) in [7, 11) is 0. The fourth-order valence-electron chi connectivity index (χ4n) is 4.17. The van der Waals surface area contributed by atoms with Gasteiger partial charge in [0.1, 0.15) is 0 Å². The van der Waals surface area contributed by atoms with Crippen molar-refractivity contribution in [2.24, 2.45) is 11.7 Å². The van der Waals surface area contributed by atoms with Gasteiger partial charge in [0.05, 0.1) is 5.92 Å². The topological polar surface area (TPSA) is 58.4 Å². The molecule has 0 bridgehead atoms. The van der Waals surface area contributed by atoms with Crippen LogP contribution in [0.3, 0.4) is 0 Å². The number of carbonyl (C=O) groups excluding carboxylic acids is 1. The number of benzene rings is 1. The fourth-order valence-corrected chi connectivity index (χ4v) is 4.30. The largest absolute Gasteiger partial charge is 0.353 e. The zero-order chi connectivity index (χ0) is 17.9. The van der Waals surface area contributed by atoms with Crippen LogP contribution >= 0.6 is 36.4 Å². The van der Waals surface area contributed by atoms with E-state index in [-0.39, 0.29) is 48.2 Å². The van der Waals surface area contributed by atoms with E-state index < -0.39 is 0 Å². The van der Waals surface area contributed by atoms with Gasteiger partial charge < -0.3 is 11.1 Å². The molecule has 1 saturated heterocycles. The van der Waals surface area contributed by atoms with Gasteiger partial charge in [-0.1, -0.05) is 36.6 Å². The summed E-state index contributed by atoms with van der Waals surface area (Å²) in [6.07, 6.45) is 6.14. The molecule has 2 aliphatic rings. The van der Waals surface area contributed by atoms with Gasteiger partial charge >= 0.3 is 0 Å². The Balaban J connectivity index is 0.00000182. The quantitative estimate of drug-likeness (QED) is 0.744. The van der Waals surface area contributed by atoms with E-state index in [2.05, 4.69) is 22.3 Å². The summed E-state index contributed by atoms with van der Waals surface area (Å²) in [6.45, 7) is 5.00. The maximum Gasteiger partial charge on any atom is 0.225 e. The number of likely N-dealkylation sites (tertiary alicyclic amines) is 1. The standard InChI is InChI=1S/C20H30ClN3O.2ClH/c1-20(22)11-3-2-4-18(20)19(25)23-17-9-12-24(13-10-17)14-15-5-7-16(21)8-6-15;;/h5-8,17-18H,2-4,9-14,22H2,1H3,(H,23,25);2*1H. The van der Waals surface area contributed by atoms with E-state index in [0.717, 1.165) is 63.2 Å². The number of carbonyl (C=O) groups is 1. The molecule has 154 valence electrons. The Hall–Kier alpha value is -0.520. The first-order valence-corrected chi connectivity index (χ1v) is 9.88. The smallest absolute Gasteiger partial charge is 0.225 e. The number of rotatable bonds is 4. The monoisotopic (exact) mass is 435 g/mol. The van der Waals surface area contributed by atoms with Crippen LogP contribution in [-0.2, 0) is 11.3 Å². The van der Waals surface area contributed by atoms with Gasteiger partial charge in [0, 0.05) is 36.2 Å². The summed E-state index contributed by atoms with van der Waals surface area (Å²) < 4.78 is 0. The molecule has 1 aliphatic carbocycles. The summed E-state index contributed by atoms with van der Waals surface area (Å²) in [6, 6.07) is 8.34. The van der Waals surface area contributed by atoms with Crippen molar-refractivity contribution >= 4 is 42.3 Å². The number of halogens is 3. The van der Waals surface area contributed by atoms with Crippen LogP contribution in [0.5, 0.6) is 0 Å². The van der Waals surface area contributed by atoms with Gasteiger partial charge in [0.25, 0.3) is 0 Å². The van der Waals surface area contributed by atoms with Crippen molar-refractivity contribution in [1.82, 2.24) is 10.2 Å². The van der Waals surface area contributed by atoms with E-state index >= 15 is 0 Å². The Labute approximate surface area is 180 Å². The Morgan fingerprint density at radius 3 is 2.41 bits per heavy atom. The second-order valence-electron chi connectivity index (χ2n) is 7.99. The van der Waals surface area contributed by atoms with Gasteiger partial charge in [-0.05, 0) is 50.3 Å². The van der Waals surface area contributed by atoms with E-state index in [1.165, 1.54) is 5.56 Å². The molecular weight excluding hydrogens is 405 g/mol. The van der Waals surface area contributed by atoms with Crippen LogP contribution in [0.1, 0.15) is 51.0 Å². The third-order valence-corrected chi connectivity index (χ3v) is 6.08. The zero-order valence-electron chi connectivity index (χ0n) is 16.0. The molecule has 0 aromatic heterocycles. The summed E-state index contributed by atoms with van der Waals surface area (Å²) in [5.74, 6) is 0.134. The van der Waals surface area contributed by atoms with Crippen LogP contribution in [0.25, 0.3) is 0 Å². The van der Waals surface area contributed by atoms with E-state index in [1.54, 1.807) is 0 Å². The molecule has 2 atom stereocenters. The van der Waals surface area contributed by atoms with Crippen LogP contribution in [0.2, 0.25) is 5.02 Å². The first-order chi connectivity index (χ1) is 11.9. The van der Waals surface area contributed by atoms with Crippen molar-refractivity contribution in [3.63, 3.8) is 0 Å². The van der Waals surface area contributed by atoms with Gasteiger partial charge in [-0.3, -0.25) is 9.69 Å². The Morgan fingerprint density at radius 1 is 1.19 bits per heavy atom. The predicted molar refractivity (Wildman–Crippen MR) is 117 cm³/mol. The first-order valence-electron chi connectivity index (χ1n) is 9.50. The Bertz CT molecular complexity index is 587. The average Bonchev–Trinajstić information content (AvgIpc) is 2.58. The summed E-state index contributed by atoms with van der Waals surface area (Å²) in [5, 5.41) is 4.05. The number of hydrogen-bond donors (Lipinski definition) is 2. The van der Waals surface area contributed by atoms with Crippen LogP contribution < -0.4 is 11.1 Å². The Kier molecular flexibility index (Phi) is 9.87. The van der Waals surface area contributed by atoms with Crippen molar-refractivity contribution in [2.45, 2.75) is 63.6 Å². The third-order valence-electron chi connectivity index (χ3n) is 5.82. The van der Waals surface area contributed by atoms with Crippen molar-refractivity contribution in [2.75, 3.05) is 13.1 Å². The molecule has 1 aromatic rings. The second-order valence-corrected chi connectivity index (χ2v) is 8.43. The molecular formula is C20H32Cl3N3O. The van der Waals surface area contributed by atoms with Gasteiger partial charge in [-0.2, -0.15) is 0 Å². The van der Waals surface area contributed by atoms with Crippen molar-refractivity contribution < 1.29 is 4.79 Å². The molecule has 2 unspecified atom stereocenters. The highest BCUT2D eigenvalue weighted by Crippen LogP contribution is 2.32. The van der Waals surface area contributed by atoms with Crippen LogP contribution in [-0.4, -0.2) is 35.5 Å². The molecule has 0 spiro atoms. The first kappa shape index (κ1) is 24.5. The van der Waals surface area contributed by atoms with Crippen LogP contribution in [0.4, 0.5) is 0 Å². The lowest BCUT2D eigenvalue weighted by Gasteiger charge is -2.39. The molecule has 1 amide bonds. The predicted octanol–water partition coefficient (Wildman–Crippen LogP) is 4.17. The lowest BCUT2D eigenvalue weighted by Crippen LogP contribution is -2.55. The summed E-state index contributed by atoms with van der Waals surface area (Å²) >= 11 is 5.94. The third kappa shape index (κ3) is 6.79. The number of nitrogens with zero attached hydrogens (tertiary/aromatic N) is 1. The maximum absolute atomic E-state index is 12.7. The van der Waals surface area contributed by atoms with Gasteiger partial charge in [-0.25, -0.2) is 0 Å². The van der Waals surface area contributed by atoms with Gasteiger partial charge in [0.2, 0.25) is 5.91 Å². The molecule has 1 saturated carbocycles. The summed E-state index contributed by atoms with van der Waals surface area (Å²) in [5.41, 5.74) is 7.30. The molecule has 0 radical (unpaired) electrons.